The molecule has 1 atom stereocenters. The second-order valence-corrected chi connectivity index (χ2v) is 7.06. The Hall–Kier alpha value is -2.50. The fourth-order valence-electron chi connectivity index (χ4n) is 3.54. The van der Waals surface area contributed by atoms with Gasteiger partial charge < -0.3 is 19.4 Å². The Morgan fingerprint density at radius 1 is 1.30 bits per heavy atom. The van der Waals surface area contributed by atoms with Crippen LogP contribution in [0.1, 0.15) is 15.9 Å². The number of hydrogen-bond acceptors (Lipinski definition) is 3. The van der Waals surface area contributed by atoms with Crippen molar-refractivity contribution in [3.05, 3.63) is 64.8 Å². The average Bonchev–Trinajstić information content (AvgIpc) is 3.06. The Bertz CT molecular complexity index is 983. The van der Waals surface area contributed by atoms with Gasteiger partial charge in [-0.05, 0) is 30.2 Å². The second kappa shape index (κ2) is 7.62. The maximum atomic E-state index is 13.0. The molecule has 0 spiro atoms. The lowest BCUT2D eigenvalue weighted by Gasteiger charge is -2.26. The molecule has 1 aromatic heterocycles. The van der Waals surface area contributed by atoms with Gasteiger partial charge in [0.25, 0.3) is 5.91 Å². The first-order valence-corrected chi connectivity index (χ1v) is 9.33. The molecule has 0 fully saturated rings. The van der Waals surface area contributed by atoms with Gasteiger partial charge in [-0.15, -0.1) is 0 Å². The third-order valence-electron chi connectivity index (χ3n) is 4.85. The van der Waals surface area contributed by atoms with Gasteiger partial charge >= 0.3 is 0 Å². The molecule has 27 heavy (non-hydrogen) atoms. The fourth-order valence-corrected chi connectivity index (χ4v) is 3.81. The van der Waals surface area contributed by atoms with Crippen molar-refractivity contribution in [3.8, 4) is 5.75 Å². The molecule has 1 N–H and O–H groups in total. The number of amides is 1. The van der Waals surface area contributed by atoms with Crippen LogP contribution in [0.2, 0.25) is 5.02 Å². The van der Waals surface area contributed by atoms with Gasteiger partial charge in [0.15, 0.2) is 0 Å². The standard InChI is InChI=1S/C21H21ClN2O3/c1-26-10-9-24-12-16(20-17(22)6-4-7-18(20)24)21(25)23-15-11-14-5-2-3-8-19(14)27-13-15/h2-8,12,15H,9-11,13H2,1H3,(H,23,25). The Balaban J connectivity index is 1.60. The van der Waals surface area contributed by atoms with Crippen molar-refractivity contribution in [1.29, 1.82) is 0 Å². The van der Waals surface area contributed by atoms with Gasteiger partial charge in [-0.25, -0.2) is 0 Å². The van der Waals surface area contributed by atoms with Gasteiger partial charge in [0, 0.05) is 25.2 Å². The first-order valence-electron chi connectivity index (χ1n) is 8.95. The number of nitrogens with zero attached hydrogens (tertiary/aromatic N) is 1. The summed E-state index contributed by atoms with van der Waals surface area (Å²) in [4.78, 5) is 13.0. The Kier molecular flexibility index (Phi) is 5.05. The van der Waals surface area contributed by atoms with E-state index in [1.165, 1.54) is 0 Å². The molecule has 3 aromatic rings. The molecule has 1 aliphatic heterocycles. The lowest BCUT2D eigenvalue weighted by molar-refractivity contribution is 0.0916. The number of methoxy groups -OCH3 is 1. The first-order chi connectivity index (χ1) is 13.2. The highest BCUT2D eigenvalue weighted by Gasteiger charge is 2.24. The summed E-state index contributed by atoms with van der Waals surface area (Å²) >= 11 is 6.41. The van der Waals surface area contributed by atoms with Gasteiger partial charge in [0.2, 0.25) is 0 Å². The molecular weight excluding hydrogens is 364 g/mol. The Morgan fingerprint density at radius 2 is 2.15 bits per heavy atom. The summed E-state index contributed by atoms with van der Waals surface area (Å²) in [5.41, 5.74) is 2.61. The van der Waals surface area contributed by atoms with Crippen LogP contribution in [0.5, 0.6) is 5.75 Å². The molecule has 0 saturated carbocycles. The SMILES string of the molecule is COCCn1cc(C(=O)NC2COc3ccccc3C2)c2c(Cl)cccc21. The average molecular weight is 385 g/mol. The number of aromatic nitrogens is 1. The zero-order valence-corrected chi connectivity index (χ0v) is 15.8. The molecule has 2 aromatic carbocycles. The topological polar surface area (TPSA) is 52.5 Å². The van der Waals surface area contributed by atoms with Crippen molar-refractivity contribution in [1.82, 2.24) is 9.88 Å². The highest BCUT2D eigenvalue weighted by molar-refractivity contribution is 6.36. The molecule has 1 amide bonds. The van der Waals surface area contributed by atoms with Crippen LogP contribution in [-0.4, -0.2) is 36.8 Å². The summed E-state index contributed by atoms with van der Waals surface area (Å²) in [5, 5.41) is 4.43. The predicted octanol–water partition coefficient (Wildman–Crippen LogP) is 3.67. The lowest BCUT2D eigenvalue weighted by atomic mass is 10.0. The monoisotopic (exact) mass is 384 g/mol. The van der Waals surface area contributed by atoms with Crippen LogP contribution in [-0.2, 0) is 17.7 Å². The fraction of sp³-hybridized carbons (Fsp3) is 0.286. The zero-order valence-electron chi connectivity index (χ0n) is 15.1. The van der Waals surface area contributed by atoms with Crippen LogP contribution in [0.15, 0.2) is 48.7 Å². The number of hydrogen-bond donors (Lipinski definition) is 1. The second-order valence-electron chi connectivity index (χ2n) is 6.66. The molecule has 4 rings (SSSR count). The van der Waals surface area contributed by atoms with Crippen LogP contribution < -0.4 is 10.1 Å². The van der Waals surface area contributed by atoms with E-state index < -0.39 is 0 Å². The molecule has 5 nitrogen and oxygen atoms in total. The number of para-hydroxylation sites is 1. The van der Waals surface area contributed by atoms with Gasteiger partial charge in [-0.2, -0.15) is 0 Å². The lowest BCUT2D eigenvalue weighted by Crippen LogP contribution is -2.42. The number of carbonyl (C=O) groups is 1. The summed E-state index contributed by atoms with van der Waals surface area (Å²) in [7, 11) is 1.66. The van der Waals surface area contributed by atoms with Crippen LogP contribution in [0.25, 0.3) is 10.9 Å². The van der Waals surface area contributed by atoms with Crippen molar-refractivity contribution in [2.75, 3.05) is 20.3 Å². The van der Waals surface area contributed by atoms with Crippen molar-refractivity contribution < 1.29 is 14.3 Å². The minimum atomic E-state index is -0.141. The van der Waals surface area contributed by atoms with E-state index in [0.29, 0.717) is 30.3 Å². The zero-order chi connectivity index (χ0) is 18.8. The van der Waals surface area contributed by atoms with E-state index in [2.05, 4.69) is 5.32 Å². The van der Waals surface area contributed by atoms with Crippen LogP contribution in [0.3, 0.4) is 0 Å². The van der Waals surface area contributed by atoms with Crippen molar-refractivity contribution in [2.45, 2.75) is 19.0 Å². The van der Waals surface area contributed by atoms with E-state index in [-0.39, 0.29) is 11.9 Å². The van der Waals surface area contributed by atoms with Gasteiger partial charge in [-0.1, -0.05) is 35.9 Å². The van der Waals surface area contributed by atoms with Gasteiger partial charge in [0.05, 0.1) is 28.8 Å². The number of benzene rings is 2. The minimum absolute atomic E-state index is 0.0766. The number of halogens is 1. The van der Waals surface area contributed by atoms with Crippen LogP contribution in [0, 0.1) is 0 Å². The third-order valence-corrected chi connectivity index (χ3v) is 5.17. The van der Waals surface area contributed by atoms with E-state index in [1.807, 2.05) is 47.2 Å². The van der Waals surface area contributed by atoms with Crippen molar-refractivity contribution in [3.63, 3.8) is 0 Å². The first kappa shape index (κ1) is 17.9. The molecular formula is C21H21ClN2O3. The minimum Gasteiger partial charge on any atom is -0.491 e. The van der Waals surface area contributed by atoms with Crippen molar-refractivity contribution in [2.24, 2.45) is 0 Å². The highest BCUT2D eigenvalue weighted by atomic mass is 35.5. The predicted molar refractivity (Wildman–Crippen MR) is 106 cm³/mol. The maximum absolute atomic E-state index is 13.0. The van der Waals surface area contributed by atoms with E-state index >= 15 is 0 Å². The molecule has 1 unspecified atom stereocenters. The van der Waals surface area contributed by atoms with Crippen LogP contribution >= 0.6 is 11.6 Å². The normalized spacial score (nSPS) is 16.0. The quantitative estimate of drug-likeness (QED) is 0.730. The molecule has 1 aliphatic rings. The molecule has 0 radical (unpaired) electrons. The molecule has 0 bridgehead atoms. The Labute approximate surface area is 162 Å². The van der Waals surface area contributed by atoms with Gasteiger partial charge in [0.1, 0.15) is 12.4 Å². The Morgan fingerprint density at radius 3 is 3.00 bits per heavy atom. The molecule has 140 valence electrons. The summed E-state index contributed by atoms with van der Waals surface area (Å²) in [6.45, 7) is 1.67. The number of ether oxygens (including phenoxy) is 2. The van der Waals surface area contributed by atoms with E-state index in [4.69, 9.17) is 21.1 Å². The van der Waals surface area contributed by atoms with Crippen LogP contribution in [0.4, 0.5) is 0 Å². The number of fused-ring (bicyclic) bond motifs is 2. The maximum Gasteiger partial charge on any atom is 0.253 e. The van der Waals surface area contributed by atoms with Crippen molar-refractivity contribution >= 4 is 28.4 Å². The third kappa shape index (κ3) is 3.53. The number of carbonyl (C=O) groups excluding carboxylic acids is 1. The largest absolute Gasteiger partial charge is 0.491 e. The molecule has 2 heterocycles. The smallest absolute Gasteiger partial charge is 0.253 e. The molecule has 6 heteroatoms. The summed E-state index contributed by atoms with van der Waals surface area (Å²) in [6, 6.07) is 13.5. The summed E-state index contributed by atoms with van der Waals surface area (Å²) in [5.74, 6) is 0.749. The van der Waals surface area contributed by atoms with E-state index in [9.17, 15) is 4.79 Å². The number of rotatable bonds is 5. The molecule has 0 aliphatic carbocycles. The molecule has 0 saturated heterocycles. The highest BCUT2D eigenvalue weighted by Crippen LogP contribution is 2.29. The summed E-state index contributed by atoms with van der Waals surface area (Å²) < 4.78 is 13.0. The number of nitrogens with one attached hydrogen (secondary N) is 1. The van der Waals surface area contributed by atoms with Gasteiger partial charge in [-0.3, -0.25) is 4.79 Å². The summed E-state index contributed by atoms with van der Waals surface area (Å²) in [6.07, 6.45) is 2.60. The van der Waals surface area contributed by atoms with E-state index in [0.717, 1.165) is 28.6 Å². The van der Waals surface area contributed by atoms with E-state index in [1.54, 1.807) is 13.2 Å².